The van der Waals surface area contributed by atoms with Crippen LogP contribution in [0, 0.1) is 5.82 Å². The summed E-state index contributed by atoms with van der Waals surface area (Å²) in [6, 6.07) is 7.48. The maximum Gasteiger partial charge on any atom is 0.126 e. The third-order valence-electron chi connectivity index (χ3n) is 2.85. The summed E-state index contributed by atoms with van der Waals surface area (Å²) in [5.41, 5.74) is 0.752. The normalized spacial score (nSPS) is 14.6. The molecule has 0 heterocycles. The molecule has 0 saturated heterocycles. The number of halogens is 1. The quantitative estimate of drug-likeness (QED) is 0.766. The van der Waals surface area contributed by atoms with Crippen molar-refractivity contribution in [2.75, 3.05) is 6.61 Å². The predicted molar refractivity (Wildman–Crippen MR) is 68.5 cm³/mol. The molecule has 17 heavy (non-hydrogen) atoms. The zero-order valence-corrected chi connectivity index (χ0v) is 10.6. The minimum absolute atomic E-state index is 0.135. The molecular formula is C14H22FNO. The average Bonchev–Trinajstić information content (AvgIpc) is 2.29. The van der Waals surface area contributed by atoms with Gasteiger partial charge in [0.1, 0.15) is 5.82 Å². The predicted octanol–water partition coefficient (Wildman–Crippen LogP) is 2.51. The van der Waals surface area contributed by atoms with E-state index in [1.165, 1.54) is 6.07 Å². The zero-order chi connectivity index (χ0) is 12.7. The summed E-state index contributed by atoms with van der Waals surface area (Å²) in [7, 11) is 0. The number of benzene rings is 1. The molecule has 0 bridgehead atoms. The van der Waals surface area contributed by atoms with E-state index >= 15 is 0 Å². The van der Waals surface area contributed by atoms with Crippen LogP contribution in [0.15, 0.2) is 24.3 Å². The first-order valence-electron chi connectivity index (χ1n) is 6.23. The van der Waals surface area contributed by atoms with E-state index in [4.69, 9.17) is 5.11 Å². The molecule has 0 aliphatic heterocycles. The second-order valence-corrected chi connectivity index (χ2v) is 4.63. The molecule has 96 valence electrons. The highest BCUT2D eigenvalue weighted by Crippen LogP contribution is 2.09. The van der Waals surface area contributed by atoms with Gasteiger partial charge in [-0.05, 0) is 44.7 Å². The van der Waals surface area contributed by atoms with Crippen molar-refractivity contribution in [3.63, 3.8) is 0 Å². The van der Waals surface area contributed by atoms with Gasteiger partial charge in [0.15, 0.2) is 0 Å². The van der Waals surface area contributed by atoms with Crippen molar-refractivity contribution >= 4 is 0 Å². The molecule has 1 rings (SSSR count). The average molecular weight is 239 g/mol. The Morgan fingerprint density at radius 2 is 1.94 bits per heavy atom. The topological polar surface area (TPSA) is 32.3 Å². The van der Waals surface area contributed by atoms with Gasteiger partial charge in [0.2, 0.25) is 0 Å². The van der Waals surface area contributed by atoms with E-state index in [0.29, 0.717) is 12.5 Å². The van der Waals surface area contributed by atoms with E-state index < -0.39 is 0 Å². The van der Waals surface area contributed by atoms with Gasteiger partial charge < -0.3 is 10.4 Å². The van der Waals surface area contributed by atoms with Gasteiger partial charge >= 0.3 is 0 Å². The largest absolute Gasteiger partial charge is 0.396 e. The van der Waals surface area contributed by atoms with E-state index in [1.807, 2.05) is 12.1 Å². The van der Waals surface area contributed by atoms with Gasteiger partial charge in [-0.3, -0.25) is 0 Å². The van der Waals surface area contributed by atoms with Crippen molar-refractivity contribution < 1.29 is 9.50 Å². The second-order valence-electron chi connectivity index (χ2n) is 4.63. The molecule has 0 fully saturated rings. The fourth-order valence-corrected chi connectivity index (χ4v) is 2.02. The van der Waals surface area contributed by atoms with Crippen LogP contribution in [0.5, 0.6) is 0 Å². The molecule has 0 amide bonds. The maximum atomic E-state index is 13.4. The van der Waals surface area contributed by atoms with Crippen molar-refractivity contribution in [2.24, 2.45) is 0 Å². The third-order valence-corrected chi connectivity index (χ3v) is 2.85. The lowest BCUT2D eigenvalue weighted by Gasteiger charge is -2.20. The molecule has 1 aromatic carbocycles. The van der Waals surface area contributed by atoms with Crippen LogP contribution in [-0.4, -0.2) is 23.8 Å². The Morgan fingerprint density at radius 1 is 1.24 bits per heavy atom. The van der Waals surface area contributed by atoms with Crippen LogP contribution < -0.4 is 5.32 Å². The first kappa shape index (κ1) is 14.1. The summed E-state index contributed by atoms with van der Waals surface area (Å²) in [6.07, 6.45) is 2.44. The Bertz CT molecular complexity index is 330. The molecule has 3 heteroatoms. The molecule has 0 aliphatic carbocycles. The minimum Gasteiger partial charge on any atom is -0.396 e. The van der Waals surface area contributed by atoms with Gasteiger partial charge in [0, 0.05) is 18.7 Å². The van der Waals surface area contributed by atoms with Gasteiger partial charge in [-0.1, -0.05) is 18.2 Å². The SMILES string of the molecule is CC(CCCO)NC(C)Cc1ccccc1F. The standard InChI is InChI=1S/C14H22FNO/c1-11(6-5-9-17)16-12(2)10-13-7-3-4-8-14(13)15/h3-4,7-8,11-12,16-17H,5-6,9-10H2,1-2H3. The molecule has 2 unspecified atom stereocenters. The third kappa shape index (κ3) is 5.29. The van der Waals surface area contributed by atoms with E-state index in [0.717, 1.165) is 18.4 Å². The Morgan fingerprint density at radius 3 is 2.59 bits per heavy atom. The molecule has 0 aliphatic rings. The molecular weight excluding hydrogens is 217 g/mol. The van der Waals surface area contributed by atoms with E-state index in [2.05, 4.69) is 19.2 Å². The molecule has 0 radical (unpaired) electrons. The smallest absolute Gasteiger partial charge is 0.126 e. The molecule has 2 nitrogen and oxygen atoms in total. The highest BCUT2D eigenvalue weighted by atomic mass is 19.1. The summed E-state index contributed by atoms with van der Waals surface area (Å²) in [5, 5.41) is 12.2. The van der Waals surface area contributed by atoms with Crippen molar-refractivity contribution in [1.29, 1.82) is 0 Å². The van der Waals surface area contributed by atoms with Gasteiger partial charge in [-0.25, -0.2) is 4.39 Å². The van der Waals surface area contributed by atoms with Gasteiger partial charge in [0.05, 0.1) is 0 Å². The summed E-state index contributed by atoms with van der Waals surface area (Å²) >= 11 is 0. The van der Waals surface area contributed by atoms with Crippen LogP contribution in [0.1, 0.15) is 32.3 Å². The van der Waals surface area contributed by atoms with Crippen molar-refractivity contribution in [3.8, 4) is 0 Å². The van der Waals surface area contributed by atoms with Gasteiger partial charge in [-0.15, -0.1) is 0 Å². The van der Waals surface area contributed by atoms with Crippen LogP contribution >= 0.6 is 0 Å². The van der Waals surface area contributed by atoms with Crippen molar-refractivity contribution in [2.45, 2.75) is 45.2 Å². The summed E-state index contributed by atoms with van der Waals surface area (Å²) in [4.78, 5) is 0. The Hall–Kier alpha value is -0.930. The monoisotopic (exact) mass is 239 g/mol. The number of hydrogen-bond donors (Lipinski definition) is 2. The first-order valence-corrected chi connectivity index (χ1v) is 6.23. The fraction of sp³-hybridized carbons (Fsp3) is 0.571. The highest BCUT2D eigenvalue weighted by molar-refractivity contribution is 5.18. The summed E-state index contributed by atoms with van der Waals surface area (Å²) < 4.78 is 13.4. The number of rotatable bonds is 7. The Kier molecular flexibility index (Phi) is 6.16. The number of nitrogens with one attached hydrogen (secondary N) is 1. The molecule has 2 N–H and O–H groups in total. The Labute approximate surface area is 103 Å². The number of aliphatic hydroxyl groups is 1. The van der Waals surface area contributed by atoms with Crippen molar-refractivity contribution in [1.82, 2.24) is 5.32 Å². The minimum atomic E-state index is -0.135. The van der Waals surface area contributed by atoms with Crippen LogP contribution in [0.3, 0.4) is 0 Å². The lowest BCUT2D eigenvalue weighted by Crippen LogP contribution is -2.36. The first-order chi connectivity index (χ1) is 8.13. The lowest BCUT2D eigenvalue weighted by atomic mass is 10.1. The maximum absolute atomic E-state index is 13.4. The summed E-state index contributed by atoms with van der Waals surface area (Å²) in [5.74, 6) is -0.135. The number of hydrogen-bond acceptors (Lipinski definition) is 2. The highest BCUT2D eigenvalue weighted by Gasteiger charge is 2.10. The molecule has 0 spiro atoms. The van der Waals surface area contributed by atoms with Gasteiger partial charge in [0.25, 0.3) is 0 Å². The van der Waals surface area contributed by atoms with Crippen molar-refractivity contribution in [3.05, 3.63) is 35.6 Å². The molecule has 0 aromatic heterocycles. The van der Waals surface area contributed by atoms with Crippen LogP contribution in [0.4, 0.5) is 4.39 Å². The second kappa shape index (κ2) is 7.41. The summed E-state index contributed by atoms with van der Waals surface area (Å²) in [6.45, 7) is 4.38. The molecule has 1 aromatic rings. The lowest BCUT2D eigenvalue weighted by molar-refractivity contribution is 0.274. The van der Waals surface area contributed by atoms with Crippen LogP contribution in [-0.2, 0) is 6.42 Å². The molecule has 2 atom stereocenters. The van der Waals surface area contributed by atoms with Crippen LogP contribution in [0.2, 0.25) is 0 Å². The van der Waals surface area contributed by atoms with Crippen LogP contribution in [0.25, 0.3) is 0 Å². The van der Waals surface area contributed by atoms with E-state index in [-0.39, 0.29) is 18.5 Å². The molecule has 0 saturated carbocycles. The number of aliphatic hydroxyl groups excluding tert-OH is 1. The fourth-order valence-electron chi connectivity index (χ4n) is 2.02. The zero-order valence-electron chi connectivity index (χ0n) is 10.6. The van der Waals surface area contributed by atoms with E-state index in [9.17, 15) is 4.39 Å². The van der Waals surface area contributed by atoms with Gasteiger partial charge in [-0.2, -0.15) is 0 Å². The van der Waals surface area contributed by atoms with E-state index in [1.54, 1.807) is 6.07 Å². The Balaban J connectivity index is 2.39.